The monoisotopic (exact) mass is 366 g/mol. The summed E-state index contributed by atoms with van der Waals surface area (Å²) in [6.07, 6.45) is 0. The Hall–Kier alpha value is -2.66. The van der Waals surface area contributed by atoms with Crippen LogP contribution in [-0.2, 0) is 0 Å². The normalized spacial score (nSPS) is 10.4. The van der Waals surface area contributed by atoms with Gasteiger partial charge in [0.05, 0.1) is 0 Å². The zero-order chi connectivity index (χ0) is 18.9. The lowest BCUT2D eigenvalue weighted by Crippen LogP contribution is -2.05. The summed E-state index contributed by atoms with van der Waals surface area (Å²) in [5.41, 5.74) is 6.37. The van der Waals surface area contributed by atoms with Gasteiger partial charge in [0.25, 0.3) is 0 Å². The summed E-state index contributed by atoms with van der Waals surface area (Å²) in [6, 6.07) is 0. The van der Waals surface area contributed by atoms with Crippen molar-refractivity contribution >= 4 is 11.4 Å². The van der Waals surface area contributed by atoms with Gasteiger partial charge in [0, 0.05) is 0 Å². The fourth-order valence-electron chi connectivity index (χ4n) is 1.24. The van der Waals surface area contributed by atoms with Gasteiger partial charge in [-0.3, -0.25) is 0 Å². The van der Waals surface area contributed by atoms with E-state index >= 15 is 0 Å². The minimum Gasteiger partial charge on any atom is -0.394 e. The van der Waals surface area contributed by atoms with Gasteiger partial charge in [-0.1, -0.05) is 0 Å². The Morgan fingerprint density at radius 1 is 0.292 bits per heavy atom. The van der Waals surface area contributed by atoms with Crippen molar-refractivity contribution in [2.45, 2.75) is 0 Å². The lowest BCUT2D eigenvalue weighted by Gasteiger charge is -2.02. The smallest absolute Gasteiger partial charge is 0.200 e. The maximum Gasteiger partial charge on any atom is 0.200 e. The number of halogens is 10. The van der Waals surface area contributed by atoms with E-state index in [1.807, 2.05) is 0 Å². The van der Waals surface area contributed by atoms with Crippen molar-refractivity contribution in [3.8, 4) is 0 Å². The largest absolute Gasteiger partial charge is 0.394 e. The van der Waals surface area contributed by atoms with E-state index in [1.165, 1.54) is 0 Å². The van der Waals surface area contributed by atoms with Crippen LogP contribution in [0.5, 0.6) is 0 Å². The lowest BCUT2D eigenvalue weighted by molar-refractivity contribution is 0.382. The van der Waals surface area contributed by atoms with Crippen molar-refractivity contribution in [1.29, 1.82) is 0 Å². The van der Waals surface area contributed by atoms with Crippen LogP contribution < -0.4 is 11.5 Å². The van der Waals surface area contributed by atoms with Crippen LogP contribution in [0.25, 0.3) is 0 Å². The van der Waals surface area contributed by atoms with Crippen LogP contribution in [-0.4, -0.2) is 0 Å². The van der Waals surface area contributed by atoms with Gasteiger partial charge in [-0.15, -0.1) is 0 Å². The highest BCUT2D eigenvalue weighted by atomic mass is 19.2. The molecule has 4 N–H and O–H groups in total. The Bertz CT molecular complexity index is 528. The summed E-state index contributed by atoms with van der Waals surface area (Å²) in [4.78, 5) is 0. The number of anilines is 2. The predicted molar refractivity (Wildman–Crippen MR) is 61.3 cm³/mol. The fraction of sp³-hybridized carbons (Fsp3) is 0. The highest BCUT2D eigenvalue weighted by Gasteiger charge is 2.24. The van der Waals surface area contributed by atoms with Crippen molar-refractivity contribution in [1.82, 2.24) is 0 Å². The van der Waals surface area contributed by atoms with Crippen LogP contribution in [0.3, 0.4) is 0 Å². The van der Waals surface area contributed by atoms with Crippen LogP contribution >= 0.6 is 0 Å². The standard InChI is InChI=1S/2C6H2F5N/c2*7-1-2(8)4(10)6(12)5(11)3(1)9/h2*12H2. The summed E-state index contributed by atoms with van der Waals surface area (Å²) in [5, 5.41) is 0. The Morgan fingerprint density at radius 3 is 0.583 bits per heavy atom. The number of rotatable bonds is 0. The number of nitrogen functional groups attached to an aromatic ring is 2. The van der Waals surface area contributed by atoms with Crippen LogP contribution in [0.4, 0.5) is 55.3 Å². The van der Waals surface area contributed by atoms with Gasteiger partial charge in [-0.25, -0.2) is 43.9 Å². The summed E-state index contributed by atoms with van der Waals surface area (Å²) >= 11 is 0. The van der Waals surface area contributed by atoms with E-state index in [-0.39, 0.29) is 0 Å². The Labute approximate surface area is 126 Å². The van der Waals surface area contributed by atoms with Crippen molar-refractivity contribution in [2.24, 2.45) is 0 Å². The van der Waals surface area contributed by atoms with Gasteiger partial charge in [-0.2, -0.15) is 0 Å². The molecule has 0 atom stereocenters. The molecule has 0 aromatic heterocycles. The Balaban J connectivity index is 0.000000240. The molecule has 0 heterocycles. The molecule has 0 saturated heterocycles. The van der Waals surface area contributed by atoms with Crippen molar-refractivity contribution in [3.63, 3.8) is 0 Å². The van der Waals surface area contributed by atoms with Gasteiger partial charge in [-0.05, 0) is 0 Å². The quantitative estimate of drug-likeness (QED) is 0.321. The van der Waals surface area contributed by atoms with Crippen LogP contribution in [0.1, 0.15) is 0 Å². The molecule has 0 aliphatic rings. The van der Waals surface area contributed by atoms with Crippen molar-refractivity contribution < 1.29 is 43.9 Å². The maximum atomic E-state index is 12.3. The van der Waals surface area contributed by atoms with E-state index in [1.54, 1.807) is 0 Å². The second-order valence-corrected chi connectivity index (χ2v) is 3.97. The third-order valence-corrected chi connectivity index (χ3v) is 2.49. The third kappa shape index (κ3) is 3.16. The molecule has 0 bridgehead atoms. The summed E-state index contributed by atoms with van der Waals surface area (Å²) in [6.45, 7) is 0. The second kappa shape index (κ2) is 6.84. The average molecular weight is 366 g/mol. The molecule has 0 radical (unpaired) electrons. The zero-order valence-corrected chi connectivity index (χ0v) is 10.9. The SMILES string of the molecule is Nc1c(F)c(F)c(F)c(F)c1F.Nc1c(F)c(F)c(F)c(F)c1F. The number of hydrogen-bond acceptors (Lipinski definition) is 2. The molecule has 2 rings (SSSR count). The van der Waals surface area contributed by atoms with E-state index < -0.39 is 69.5 Å². The van der Waals surface area contributed by atoms with Crippen LogP contribution in [0.2, 0.25) is 0 Å². The van der Waals surface area contributed by atoms with E-state index in [9.17, 15) is 43.9 Å². The molecule has 0 aliphatic carbocycles. The first kappa shape index (κ1) is 19.4. The first-order valence-corrected chi connectivity index (χ1v) is 5.47. The van der Waals surface area contributed by atoms with Crippen molar-refractivity contribution in [2.75, 3.05) is 11.5 Å². The first-order valence-electron chi connectivity index (χ1n) is 5.47. The molecule has 2 nitrogen and oxygen atoms in total. The molecule has 0 spiro atoms. The average Bonchev–Trinajstić information content (AvgIpc) is 2.58. The van der Waals surface area contributed by atoms with E-state index in [0.717, 1.165) is 0 Å². The van der Waals surface area contributed by atoms with Crippen LogP contribution in [0, 0.1) is 58.2 Å². The molecule has 0 amide bonds. The Morgan fingerprint density at radius 2 is 0.417 bits per heavy atom. The third-order valence-electron chi connectivity index (χ3n) is 2.49. The predicted octanol–water partition coefficient (Wildman–Crippen LogP) is 3.93. The van der Waals surface area contributed by atoms with E-state index in [0.29, 0.717) is 0 Å². The first-order chi connectivity index (χ1) is 10.9. The summed E-state index contributed by atoms with van der Waals surface area (Å²) in [7, 11) is 0. The second-order valence-electron chi connectivity index (χ2n) is 3.97. The highest BCUT2D eigenvalue weighted by Crippen LogP contribution is 2.25. The summed E-state index contributed by atoms with van der Waals surface area (Å²) < 4.78 is 122. The highest BCUT2D eigenvalue weighted by molar-refractivity contribution is 5.43. The van der Waals surface area contributed by atoms with Gasteiger partial charge in [0.15, 0.2) is 46.5 Å². The number of benzene rings is 2. The van der Waals surface area contributed by atoms with Crippen molar-refractivity contribution in [3.05, 3.63) is 58.2 Å². The maximum absolute atomic E-state index is 12.3. The lowest BCUT2D eigenvalue weighted by atomic mass is 10.2. The molecule has 132 valence electrons. The van der Waals surface area contributed by atoms with E-state index in [2.05, 4.69) is 11.5 Å². The molecular formula is C12H4F10N2. The number of nitrogens with two attached hydrogens (primary N) is 2. The molecule has 2 aromatic rings. The molecular weight excluding hydrogens is 362 g/mol. The molecule has 0 saturated carbocycles. The topological polar surface area (TPSA) is 52.0 Å². The Kier molecular flexibility index (Phi) is 5.53. The zero-order valence-electron chi connectivity index (χ0n) is 10.9. The molecule has 0 unspecified atom stereocenters. The molecule has 24 heavy (non-hydrogen) atoms. The minimum absolute atomic E-state index is 1.37. The van der Waals surface area contributed by atoms with Gasteiger partial charge in [0.2, 0.25) is 11.6 Å². The minimum atomic E-state index is -2.21. The van der Waals surface area contributed by atoms with Crippen LogP contribution in [0.15, 0.2) is 0 Å². The summed E-state index contributed by atoms with van der Waals surface area (Å²) in [5.74, 6) is -20.6. The van der Waals surface area contributed by atoms with E-state index in [4.69, 9.17) is 0 Å². The van der Waals surface area contributed by atoms with Gasteiger partial charge < -0.3 is 11.5 Å². The molecule has 2 aromatic carbocycles. The molecule has 0 fully saturated rings. The van der Waals surface area contributed by atoms with Gasteiger partial charge >= 0.3 is 0 Å². The van der Waals surface area contributed by atoms with Gasteiger partial charge in [0.1, 0.15) is 11.4 Å². The molecule has 12 heteroatoms. The molecule has 0 aliphatic heterocycles. The number of hydrogen-bond donors (Lipinski definition) is 2. The fourth-order valence-corrected chi connectivity index (χ4v) is 1.24.